The van der Waals surface area contributed by atoms with Crippen LogP contribution in [0.25, 0.3) is 0 Å². The summed E-state index contributed by atoms with van der Waals surface area (Å²) >= 11 is 0. The average Bonchev–Trinajstić information content (AvgIpc) is 1.96. The fraction of sp³-hybridized carbons (Fsp3) is 0.818. The van der Waals surface area contributed by atoms with Gasteiger partial charge in [0.2, 0.25) is 5.54 Å². The Morgan fingerprint density at radius 2 is 1.44 bits per heavy atom. The molecule has 3 N–H and O–H groups in total. The molecule has 0 aliphatic rings. The fourth-order valence-electron chi connectivity index (χ4n) is 1.07. The van der Waals surface area contributed by atoms with Gasteiger partial charge in [-0.05, 0) is 20.8 Å². The molecule has 0 amide bonds. The summed E-state index contributed by atoms with van der Waals surface area (Å²) < 4.78 is 5.05. The van der Waals surface area contributed by atoms with Crippen LogP contribution in [0.4, 0.5) is 0 Å². The van der Waals surface area contributed by atoms with Crippen molar-refractivity contribution in [1.29, 1.82) is 0 Å². The van der Waals surface area contributed by atoms with Crippen molar-refractivity contribution in [1.82, 2.24) is 0 Å². The third kappa shape index (κ3) is 2.95. The summed E-state index contributed by atoms with van der Waals surface area (Å²) in [7, 11) is 0. The van der Waals surface area contributed by atoms with Gasteiger partial charge in [-0.2, -0.15) is 0 Å². The molecule has 0 aromatic rings. The second-order valence-electron chi connectivity index (χ2n) is 5.87. The first kappa shape index (κ1) is 14.9. The number of ether oxygens (including phenoxy) is 1. The summed E-state index contributed by atoms with van der Waals surface area (Å²) in [5.41, 5.74) is 1.96. The Bertz CT molecular complexity index is 298. The van der Waals surface area contributed by atoms with Gasteiger partial charge in [0, 0.05) is 5.41 Å². The molecule has 94 valence electrons. The zero-order chi connectivity index (χ0) is 13.4. The first-order valence-electron chi connectivity index (χ1n) is 5.08. The molecular weight excluding hydrogens is 210 g/mol. The van der Waals surface area contributed by atoms with Crippen LogP contribution in [0.2, 0.25) is 0 Å². The normalized spacial score (nSPS) is 16.4. The van der Waals surface area contributed by atoms with E-state index in [1.807, 2.05) is 0 Å². The molecule has 0 heterocycles. The number of rotatable bonds is 2. The molecule has 0 aliphatic heterocycles. The minimum atomic E-state index is -2.04. The number of esters is 1. The first-order valence-corrected chi connectivity index (χ1v) is 5.08. The van der Waals surface area contributed by atoms with Gasteiger partial charge in [0.25, 0.3) is 0 Å². The first-order chi connectivity index (χ1) is 6.82. The number of carboxylic acids is 1. The number of carboxylic acid groups (broad SMARTS) is 1. The lowest BCUT2D eigenvalue weighted by Crippen LogP contribution is -2.64. The number of nitrogens with two attached hydrogens (primary N) is 1. The molecule has 0 saturated carbocycles. The minimum Gasteiger partial charge on any atom is -0.479 e. The fourth-order valence-corrected chi connectivity index (χ4v) is 1.07. The summed E-state index contributed by atoms with van der Waals surface area (Å²) in [6.45, 7) is 9.75. The standard InChI is InChI=1S/C11H21NO4/c1-9(2,3)11(12,7(13)14)8(15)16-10(4,5)6/h12H2,1-6H3,(H,13,14). The van der Waals surface area contributed by atoms with Gasteiger partial charge >= 0.3 is 11.9 Å². The molecule has 5 nitrogen and oxygen atoms in total. The molecule has 5 heteroatoms. The zero-order valence-electron chi connectivity index (χ0n) is 10.7. The Kier molecular flexibility index (Phi) is 3.77. The lowest BCUT2D eigenvalue weighted by Gasteiger charge is -2.37. The van der Waals surface area contributed by atoms with Gasteiger partial charge in [-0.1, -0.05) is 20.8 Å². The van der Waals surface area contributed by atoms with E-state index in [-0.39, 0.29) is 0 Å². The van der Waals surface area contributed by atoms with E-state index in [0.717, 1.165) is 0 Å². The molecular formula is C11H21NO4. The molecule has 0 bridgehead atoms. The van der Waals surface area contributed by atoms with Crippen LogP contribution in [0.3, 0.4) is 0 Å². The molecule has 0 aromatic carbocycles. The molecule has 0 aromatic heterocycles. The van der Waals surface area contributed by atoms with Crippen molar-refractivity contribution >= 4 is 11.9 Å². The highest BCUT2D eigenvalue weighted by atomic mass is 16.6. The highest BCUT2D eigenvalue weighted by Gasteiger charge is 2.54. The van der Waals surface area contributed by atoms with Crippen LogP contribution in [-0.2, 0) is 14.3 Å². The monoisotopic (exact) mass is 231 g/mol. The van der Waals surface area contributed by atoms with Crippen LogP contribution in [0.1, 0.15) is 41.5 Å². The second-order valence-corrected chi connectivity index (χ2v) is 5.87. The predicted octanol–water partition coefficient (Wildman–Crippen LogP) is 1.16. The topological polar surface area (TPSA) is 89.6 Å². The molecule has 1 atom stereocenters. The molecule has 0 rings (SSSR count). The second kappa shape index (κ2) is 4.05. The quantitative estimate of drug-likeness (QED) is 0.549. The van der Waals surface area contributed by atoms with Crippen LogP contribution >= 0.6 is 0 Å². The Morgan fingerprint density at radius 1 is 1.06 bits per heavy atom. The van der Waals surface area contributed by atoms with Crippen molar-refractivity contribution in [2.45, 2.75) is 52.7 Å². The summed E-state index contributed by atoms with van der Waals surface area (Å²) in [6.07, 6.45) is 0. The van der Waals surface area contributed by atoms with Crippen LogP contribution in [0, 0.1) is 5.41 Å². The Hall–Kier alpha value is -1.10. The SMILES string of the molecule is CC(C)(C)OC(=O)C(N)(C(=O)O)C(C)(C)C. The highest BCUT2D eigenvalue weighted by molar-refractivity contribution is 6.04. The van der Waals surface area contributed by atoms with Crippen molar-refractivity contribution < 1.29 is 19.4 Å². The summed E-state index contributed by atoms with van der Waals surface area (Å²) in [6, 6.07) is 0. The van der Waals surface area contributed by atoms with E-state index in [1.54, 1.807) is 41.5 Å². The van der Waals surface area contributed by atoms with Crippen molar-refractivity contribution in [3.05, 3.63) is 0 Å². The van der Waals surface area contributed by atoms with E-state index in [2.05, 4.69) is 0 Å². The molecule has 0 spiro atoms. The Morgan fingerprint density at radius 3 is 1.62 bits per heavy atom. The zero-order valence-corrected chi connectivity index (χ0v) is 10.7. The number of hydrogen-bond acceptors (Lipinski definition) is 4. The molecule has 16 heavy (non-hydrogen) atoms. The largest absolute Gasteiger partial charge is 0.479 e. The molecule has 1 unspecified atom stereocenters. The van der Waals surface area contributed by atoms with Gasteiger partial charge in [-0.3, -0.25) is 0 Å². The Labute approximate surface area is 96.0 Å². The minimum absolute atomic E-state index is 0.762. The van der Waals surface area contributed by atoms with Crippen molar-refractivity contribution in [2.75, 3.05) is 0 Å². The van der Waals surface area contributed by atoms with E-state index in [1.165, 1.54) is 0 Å². The maximum Gasteiger partial charge on any atom is 0.338 e. The predicted molar refractivity (Wildman–Crippen MR) is 59.9 cm³/mol. The van der Waals surface area contributed by atoms with Crippen molar-refractivity contribution in [3.8, 4) is 0 Å². The third-order valence-electron chi connectivity index (χ3n) is 2.24. The van der Waals surface area contributed by atoms with Gasteiger partial charge in [-0.15, -0.1) is 0 Å². The summed E-state index contributed by atoms with van der Waals surface area (Å²) in [5, 5.41) is 9.11. The lowest BCUT2D eigenvalue weighted by molar-refractivity contribution is -0.174. The summed E-state index contributed by atoms with van der Waals surface area (Å²) in [4.78, 5) is 23.0. The van der Waals surface area contributed by atoms with E-state index in [4.69, 9.17) is 15.6 Å². The van der Waals surface area contributed by atoms with E-state index < -0.39 is 28.5 Å². The number of hydrogen-bond donors (Lipinski definition) is 2. The number of aliphatic carboxylic acids is 1. The van der Waals surface area contributed by atoms with Crippen LogP contribution in [-0.4, -0.2) is 28.2 Å². The van der Waals surface area contributed by atoms with Gasteiger partial charge in [0.1, 0.15) is 5.60 Å². The molecule has 0 saturated heterocycles. The number of carbonyl (C=O) groups excluding carboxylic acids is 1. The van der Waals surface area contributed by atoms with Gasteiger partial charge in [0.05, 0.1) is 0 Å². The van der Waals surface area contributed by atoms with Gasteiger partial charge in [0.15, 0.2) is 0 Å². The maximum atomic E-state index is 11.8. The highest BCUT2D eigenvalue weighted by Crippen LogP contribution is 2.31. The maximum absolute atomic E-state index is 11.8. The summed E-state index contributed by atoms with van der Waals surface area (Å²) in [5.74, 6) is -2.30. The Balaban J connectivity index is 5.26. The number of carbonyl (C=O) groups is 2. The van der Waals surface area contributed by atoms with Gasteiger partial charge in [-0.25, -0.2) is 9.59 Å². The van der Waals surface area contributed by atoms with Crippen LogP contribution in [0.15, 0.2) is 0 Å². The average molecular weight is 231 g/mol. The molecule has 0 fully saturated rings. The van der Waals surface area contributed by atoms with Gasteiger partial charge < -0.3 is 15.6 Å². The molecule has 0 aliphatic carbocycles. The van der Waals surface area contributed by atoms with Crippen molar-refractivity contribution in [3.63, 3.8) is 0 Å². The third-order valence-corrected chi connectivity index (χ3v) is 2.24. The van der Waals surface area contributed by atoms with E-state index in [9.17, 15) is 9.59 Å². The van der Waals surface area contributed by atoms with Crippen molar-refractivity contribution in [2.24, 2.45) is 11.1 Å². The lowest BCUT2D eigenvalue weighted by atomic mass is 9.74. The molecule has 0 radical (unpaired) electrons. The smallest absolute Gasteiger partial charge is 0.338 e. The van der Waals surface area contributed by atoms with E-state index >= 15 is 0 Å². The van der Waals surface area contributed by atoms with Crippen LogP contribution in [0.5, 0.6) is 0 Å². The van der Waals surface area contributed by atoms with Crippen LogP contribution < -0.4 is 5.73 Å². The van der Waals surface area contributed by atoms with E-state index in [0.29, 0.717) is 0 Å².